The quantitative estimate of drug-likeness (QED) is 0.582. The van der Waals surface area contributed by atoms with E-state index >= 15 is 0 Å². The van der Waals surface area contributed by atoms with Crippen LogP contribution in [0.15, 0.2) is 65.7 Å². The van der Waals surface area contributed by atoms with Gasteiger partial charge in [-0.3, -0.25) is 19.1 Å². The van der Waals surface area contributed by atoms with E-state index in [2.05, 4.69) is 16.8 Å². The molecule has 3 heterocycles. The van der Waals surface area contributed by atoms with E-state index in [1.54, 1.807) is 30.1 Å². The van der Waals surface area contributed by atoms with Gasteiger partial charge >= 0.3 is 0 Å². The number of carbonyl (C=O) groups excluding carboxylic acids is 1. The molecule has 1 amide bonds. The summed E-state index contributed by atoms with van der Waals surface area (Å²) in [7, 11) is 1.77. The first-order chi connectivity index (χ1) is 16.1. The molecular formula is C26H31N5O2. The van der Waals surface area contributed by atoms with Gasteiger partial charge < -0.3 is 9.80 Å². The Labute approximate surface area is 194 Å². The molecule has 1 aliphatic rings. The fourth-order valence-electron chi connectivity index (χ4n) is 4.54. The van der Waals surface area contributed by atoms with Gasteiger partial charge in [-0.1, -0.05) is 30.3 Å². The van der Waals surface area contributed by atoms with Crippen molar-refractivity contribution in [2.75, 3.05) is 24.5 Å². The molecule has 1 fully saturated rings. The van der Waals surface area contributed by atoms with Crippen molar-refractivity contribution in [3.05, 3.63) is 76.8 Å². The number of hydrogen-bond acceptors (Lipinski definition) is 5. The summed E-state index contributed by atoms with van der Waals surface area (Å²) in [6, 6.07) is 15.4. The molecular weight excluding hydrogens is 414 g/mol. The van der Waals surface area contributed by atoms with Crippen molar-refractivity contribution in [3.8, 4) is 11.3 Å². The van der Waals surface area contributed by atoms with Crippen LogP contribution in [-0.2, 0) is 18.3 Å². The number of hydrogen-bond donors (Lipinski definition) is 0. The second-order valence-corrected chi connectivity index (χ2v) is 8.49. The second kappa shape index (κ2) is 10.4. The summed E-state index contributed by atoms with van der Waals surface area (Å²) in [4.78, 5) is 38.8. The van der Waals surface area contributed by atoms with Gasteiger partial charge in [0.05, 0.1) is 12.1 Å². The first-order valence-electron chi connectivity index (χ1n) is 11.6. The molecule has 0 bridgehead atoms. The van der Waals surface area contributed by atoms with Crippen molar-refractivity contribution in [3.63, 3.8) is 0 Å². The summed E-state index contributed by atoms with van der Waals surface area (Å²) in [5, 5.41) is 0. The van der Waals surface area contributed by atoms with Gasteiger partial charge in [0.1, 0.15) is 0 Å². The van der Waals surface area contributed by atoms with Crippen LogP contribution in [-0.4, -0.2) is 51.0 Å². The standard InChI is InChI=1S/C26H31N5O2/c1-3-31(26-28-23(19-24(32)29(26)2)21-11-14-27-15-12-21)22-10-7-16-30(17-13-22)25(33)18-20-8-5-4-6-9-20/h4-6,8-9,11-12,14-15,19,22H,3,7,10,13,16-18H2,1-2H3. The molecule has 172 valence electrons. The molecule has 0 radical (unpaired) electrons. The zero-order chi connectivity index (χ0) is 23.2. The molecule has 0 aliphatic carbocycles. The van der Waals surface area contributed by atoms with Crippen molar-refractivity contribution in [2.45, 2.75) is 38.6 Å². The predicted octanol–water partition coefficient (Wildman–Crippen LogP) is 3.29. The van der Waals surface area contributed by atoms with Crippen molar-refractivity contribution < 1.29 is 4.79 Å². The molecule has 4 rings (SSSR count). The smallest absolute Gasteiger partial charge is 0.255 e. The lowest BCUT2D eigenvalue weighted by atomic mass is 10.1. The third-order valence-corrected chi connectivity index (χ3v) is 6.37. The lowest BCUT2D eigenvalue weighted by molar-refractivity contribution is -0.130. The summed E-state index contributed by atoms with van der Waals surface area (Å²) in [6.07, 6.45) is 6.59. The monoisotopic (exact) mass is 445 g/mol. The first kappa shape index (κ1) is 22.7. The molecule has 0 N–H and O–H groups in total. The Morgan fingerprint density at radius 3 is 2.58 bits per heavy atom. The van der Waals surface area contributed by atoms with E-state index < -0.39 is 0 Å². The number of carbonyl (C=O) groups is 1. The zero-order valence-corrected chi connectivity index (χ0v) is 19.4. The molecule has 2 aromatic heterocycles. The lowest BCUT2D eigenvalue weighted by Gasteiger charge is -2.32. The molecule has 33 heavy (non-hydrogen) atoms. The molecule has 7 nitrogen and oxygen atoms in total. The third-order valence-electron chi connectivity index (χ3n) is 6.37. The Bertz CT molecular complexity index is 1130. The highest BCUT2D eigenvalue weighted by Crippen LogP contribution is 2.24. The summed E-state index contributed by atoms with van der Waals surface area (Å²) in [6.45, 7) is 4.31. The van der Waals surface area contributed by atoms with E-state index in [0.29, 0.717) is 24.6 Å². The largest absolute Gasteiger partial charge is 0.342 e. The Hall–Kier alpha value is -3.48. The van der Waals surface area contributed by atoms with Crippen LogP contribution < -0.4 is 10.5 Å². The zero-order valence-electron chi connectivity index (χ0n) is 19.4. The summed E-state index contributed by atoms with van der Waals surface area (Å²) in [5.74, 6) is 0.848. The van der Waals surface area contributed by atoms with Gasteiger partial charge in [-0.05, 0) is 43.9 Å². The number of rotatable bonds is 6. The van der Waals surface area contributed by atoms with E-state index in [1.807, 2.05) is 47.4 Å². The predicted molar refractivity (Wildman–Crippen MR) is 130 cm³/mol. The molecule has 1 aliphatic heterocycles. The number of amides is 1. The van der Waals surface area contributed by atoms with Gasteiger partial charge in [-0.15, -0.1) is 0 Å². The summed E-state index contributed by atoms with van der Waals surface area (Å²) >= 11 is 0. The van der Waals surface area contributed by atoms with E-state index in [4.69, 9.17) is 4.98 Å². The van der Waals surface area contributed by atoms with Crippen LogP contribution in [0.4, 0.5) is 5.95 Å². The summed E-state index contributed by atoms with van der Waals surface area (Å²) in [5.41, 5.74) is 2.49. The van der Waals surface area contributed by atoms with Crippen LogP contribution in [0.25, 0.3) is 11.3 Å². The van der Waals surface area contributed by atoms with Crippen molar-refractivity contribution >= 4 is 11.9 Å². The maximum Gasteiger partial charge on any atom is 0.255 e. The summed E-state index contributed by atoms with van der Waals surface area (Å²) < 4.78 is 1.62. The number of benzene rings is 1. The van der Waals surface area contributed by atoms with Gasteiger partial charge in [0.15, 0.2) is 0 Å². The van der Waals surface area contributed by atoms with Gasteiger partial charge in [-0.2, -0.15) is 0 Å². The van der Waals surface area contributed by atoms with Crippen LogP contribution in [0.5, 0.6) is 0 Å². The number of likely N-dealkylation sites (tertiary alicyclic amines) is 1. The van der Waals surface area contributed by atoms with Crippen molar-refractivity contribution in [2.24, 2.45) is 7.05 Å². The fourth-order valence-corrected chi connectivity index (χ4v) is 4.54. The minimum atomic E-state index is -0.0847. The van der Waals surface area contributed by atoms with Crippen LogP contribution in [0.1, 0.15) is 31.7 Å². The minimum absolute atomic E-state index is 0.0847. The Kier molecular flexibility index (Phi) is 7.17. The molecule has 0 saturated carbocycles. The fraction of sp³-hybridized carbons (Fsp3) is 0.385. The van der Waals surface area contributed by atoms with E-state index in [0.717, 1.165) is 43.5 Å². The van der Waals surface area contributed by atoms with Crippen molar-refractivity contribution in [1.82, 2.24) is 19.4 Å². The molecule has 1 atom stereocenters. The molecule has 1 aromatic carbocycles. The van der Waals surface area contributed by atoms with Crippen molar-refractivity contribution in [1.29, 1.82) is 0 Å². The Morgan fingerprint density at radius 2 is 1.85 bits per heavy atom. The highest BCUT2D eigenvalue weighted by molar-refractivity contribution is 5.78. The Morgan fingerprint density at radius 1 is 1.09 bits per heavy atom. The molecule has 0 spiro atoms. The van der Waals surface area contributed by atoms with Gasteiger partial charge in [0, 0.05) is 56.7 Å². The maximum absolute atomic E-state index is 12.9. The maximum atomic E-state index is 12.9. The van der Waals surface area contributed by atoms with E-state index in [9.17, 15) is 9.59 Å². The second-order valence-electron chi connectivity index (χ2n) is 8.49. The van der Waals surface area contributed by atoms with Crippen LogP contribution in [0.2, 0.25) is 0 Å². The number of pyridine rings is 1. The molecule has 1 saturated heterocycles. The van der Waals surface area contributed by atoms with E-state index in [1.165, 1.54) is 0 Å². The number of nitrogens with zero attached hydrogens (tertiary/aromatic N) is 5. The number of anilines is 1. The van der Waals surface area contributed by atoms with Crippen LogP contribution in [0.3, 0.4) is 0 Å². The van der Waals surface area contributed by atoms with Gasteiger partial charge in [-0.25, -0.2) is 4.98 Å². The molecule has 1 unspecified atom stereocenters. The van der Waals surface area contributed by atoms with E-state index in [-0.39, 0.29) is 17.5 Å². The minimum Gasteiger partial charge on any atom is -0.342 e. The SMILES string of the molecule is CCN(c1nc(-c2ccncc2)cc(=O)n1C)C1CCCN(C(=O)Cc2ccccc2)CC1. The Balaban J connectivity index is 1.52. The average molecular weight is 446 g/mol. The third kappa shape index (κ3) is 5.30. The number of aromatic nitrogens is 3. The first-order valence-corrected chi connectivity index (χ1v) is 11.6. The van der Waals surface area contributed by atoms with Gasteiger partial charge in [0.2, 0.25) is 11.9 Å². The van der Waals surface area contributed by atoms with Gasteiger partial charge in [0.25, 0.3) is 5.56 Å². The normalized spacial score (nSPS) is 16.3. The van der Waals surface area contributed by atoms with Crippen LogP contribution in [0, 0.1) is 0 Å². The highest BCUT2D eigenvalue weighted by Gasteiger charge is 2.26. The highest BCUT2D eigenvalue weighted by atomic mass is 16.2. The lowest BCUT2D eigenvalue weighted by Crippen LogP contribution is -2.40. The molecule has 3 aromatic rings. The average Bonchev–Trinajstić information content (AvgIpc) is 3.10. The van der Waals surface area contributed by atoms with Crippen LogP contribution >= 0.6 is 0 Å². The molecule has 7 heteroatoms. The topological polar surface area (TPSA) is 71.3 Å².